The van der Waals surface area contributed by atoms with E-state index in [4.69, 9.17) is 5.11 Å². The van der Waals surface area contributed by atoms with E-state index in [0.717, 1.165) is 0 Å². The molecule has 94 valence electrons. The van der Waals surface area contributed by atoms with E-state index in [1.165, 1.54) is 19.3 Å². The number of aliphatic carboxylic acids is 1. The number of carbonyl (C=O) groups is 2. The van der Waals surface area contributed by atoms with Gasteiger partial charge in [0, 0.05) is 6.54 Å². The molecule has 0 spiro atoms. The second kappa shape index (κ2) is 5.34. The van der Waals surface area contributed by atoms with Crippen LogP contribution < -0.4 is 5.32 Å². The molecule has 2 N–H and O–H groups in total. The molecule has 2 unspecified atom stereocenters. The number of nitrogens with one attached hydrogen (secondary N) is 1. The van der Waals surface area contributed by atoms with E-state index >= 15 is 0 Å². The highest BCUT2D eigenvalue weighted by Gasteiger charge is 2.34. The molecule has 1 fully saturated rings. The molecule has 0 saturated heterocycles. The zero-order chi connectivity index (χ0) is 12.3. The minimum atomic E-state index is -0.863. The van der Waals surface area contributed by atoms with Crippen molar-refractivity contribution in [2.45, 2.75) is 32.1 Å². The molecular formula is C13H19NO3. The summed E-state index contributed by atoms with van der Waals surface area (Å²) >= 11 is 0. The van der Waals surface area contributed by atoms with Crippen LogP contribution in [0.5, 0.6) is 0 Å². The predicted octanol–water partition coefficient (Wildman–Crippen LogP) is 1.57. The van der Waals surface area contributed by atoms with Crippen molar-refractivity contribution < 1.29 is 14.7 Å². The van der Waals surface area contributed by atoms with Gasteiger partial charge < -0.3 is 10.4 Å². The van der Waals surface area contributed by atoms with E-state index < -0.39 is 17.8 Å². The van der Waals surface area contributed by atoms with Gasteiger partial charge in [-0.2, -0.15) is 0 Å². The molecule has 1 saturated carbocycles. The van der Waals surface area contributed by atoms with E-state index in [1.54, 1.807) is 0 Å². The Hall–Kier alpha value is -1.32. The van der Waals surface area contributed by atoms with Crippen LogP contribution in [0.4, 0.5) is 0 Å². The van der Waals surface area contributed by atoms with Gasteiger partial charge in [-0.1, -0.05) is 18.6 Å². The van der Waals surface area contributed by atoms with E-state index in [9.17, 15) is 9.59 Å². The van der Waals surface area contributed by atoms with E-state index in [-0.39, 0.29) is 5.91 Å². The Kier molecular flexibility index (Phi) is 3.82. The van der Waals surface area contributed by atoms with E-state index in [0.29, 0.717) is 25.3 Å². The standard InChI is InChI=1S/C13H19NO3/c15-12(14-8-9-4-3-5-9)10-6-1-2-7-11(10)13(16)17/h1-2,9-11H,3-8H2,(H,14,15)(H,16,17). The zero-order valence-electron chi connectivity index (χ0n) is 9.89. The summed E-state index contributed by atoms with van der Waals surface area (Å²) in [6.45, 7) is 0.714. The lowest BCUT2D eigenvalue weighted by Gasteiger charge is -2.28. The van der Waals surface area contributed by atoms with E-state index in [1.807, 2.05) is 12.2 Å². The maximum Gasteiger partial charge on any atom is 0.307 e. The van der Waals surface area contributed by atoms with Crippen molar-refractivity contribution in [2.75, 3.05) is 6.54 Å². The number of hydrogen-bond acceptors (Lipinski definition) is 2. The van der Waals surface area contributed by atoms with Gasteiger partial charge in [-0.3, -0.25) is 9.59 Å². The summed E-state index contributed by atoms with van der Waals surface area (Å²) in [5.74, 6) is -1.29. The first-order valence-electron chi connectivity index (χ1n) is 6.34. The van der Waals surface area contributed by atoms with Crippen LogP contribution in [0.25, 0.3) is 0 Å². The van der Waals surface area contributed by atoms with Crippen LogP contribution in [0.15, 0.2) is 12.2 Å². The monoisotopic (exact) mass is 237 g/mol. The molecule has 1 amide bonds. The Bertz CT molecular complexity index is 334. The SMILES string of the molecule is O=C(O)C1CC=CCC1C(=O)NCC1CCC1. The highest BCUT2D eigenvalue weighted by Crippen LogP contribution is 2.28. The Morgan fingerprint density at radius 3 is 2.35 bits per heavy atom. The Labute approximate surface area is 101 Å². The third-order valence-corrected chi connectivity index (χ3v) is 3.88. The van der Waals surface area contributed by atoms with Crippen molar-refractivity contribution in [3.05, 3.63) is 12.2 Å². The average molecular weight is 237 g/mol. The second-order valence-electron chi connectivity index (χ2n) is 5.04. The van der Waals surface area contributed by atoms with Crippen LogP contribution in [0.2, 0.25) is 0 Å². The molecule has 2 atom stereocenters. The number of allylic oxidation sites excluding steroid dienone is 2. The lowest BCUT2D eigenvalue weighted by atomic mass is 9.81. The average Bonchev–Trinajstić information content (AvgIpc) is 2.26. The molecule has 2 rings (SSSR count). The fraction of sp³-hybridized carbons (Fsp3) is 0.692. The Morgan fingerprint density at radius 1 is 1.18 bits per heavy atom. The summed E-state index contributed by atoms with van der Waals surface area (Å²) in [5, 5.41) is 12.0. The lowest BCUT2D eigenvalue weighted by Crippen LogP contribution is -2.41. The van der Waals surface area contributed by atoms with Gasteiger partial charge in [0.25, 0.3) is 0 Å². The van der Waals surface area contributed by atoms with Gasteiger partial charge in [-0.05, 0) is 31.6 Å². The predicted molar refractivity (Wildman–Crippen MR) is 63.3 cm³/mol. The lowest BCUT2D eigenvalue weighted by molar-refractivity contribution is -0.147. The van der Waals surface area contributed by atoms with Gasteiger partial charge in [0.2, 0.25) is 5.91 Å². The van der Waals surface area contributed by atoms with Crippen LogP contribution in [-0.2, 0) is 9.59 Å². The quantitative estimate of drug-likeness (QED) is 0.729. The fourth-order valence-electron chi connectivity index (χ4n) is 2.45. The number of carbonyl (C=O) groups excluding carboxylic acids is 1. The summed E-state index contributed by atoms with van der Waals surface area (Å²) < 4.78 is 0. The van der Waals surface area contributed by atoms with Crippen LogP contribution in [0.1, 0.15) is 32.1 Å². The van der Waals surface area contributed by atoms with Gasteiger partial charge in [-0.15, -0.1) is 0 Å². The smallest absolute Gasteiger partial charge is 0.307 e. The fourth-order valence-corrected chi connectivity index (χ4v) is 2.45. The van der Waals surface area contributed by atoms with Crippen molar-refractivity contribution >= 4 is 11.9 Å². The van der Waals surface area contributed by atoms with Crippen LogP contribution >= 0.6 is 0 Å². The molecule has 0 aliphatic heterocycles. The molecule has 0 aromatic heterocycles. The number of carboxylic acid groups (broad SMARTS) is 1. The van der Waals surface area contributed by atoms with Gasteiger partial charge in [-0.25, -0.2) is 0 Å². The maximum absolute atomic E-state index is 11.9. The zero-order valence-corrected chi connectivity index (χ0v) is 9.89. The van der Waals surface area contributed by atoms with Gasteiger partial charge in [0.1, 0.15) is 0 Å². The van der Waals surface area contributed by atoms with Gasteiger partial charge >= 0.3 is 5.97 Å². The van der Waals surface area contributed by atoms with Gasteiger partial charge in [0.15, 0.2) is 0 Å². The molecule has 2 aliphatic carbocycles. The topological polar surface area (TPSA) is 66.4 Å². The molecule has 0 aromatic rings. The molecule has 0 heterocycles. The molecule has 4 heteroatoms. The molecule has 17 heavy (non-hydrogen) atoms. The van der Waals surface area contributed by atoms with Crippen LogP contribution in [0, 0.1) is 17.8 Å². The summed E-state index contributed by atoms with van der Waals surface area (Å²) in [6.07, 6.45) is 8.41. The number of carboxylic acids is 1. The first-order valence-corrected chi connectivity index (χ1v) is 6.34. The minimum Gasteiger partial charge on any atom is -0.481 e. The van der Waals surface area contributed by atoms with Crippen molar-refractivity contribution in [1.29, 1.82) is 0 Å². The molecule has 0 radical (unpaired) electrons. The molecular weight excluding hydrogens is 218 g/mol. The highest BCUT2D eigenvalue weighted by atomic mass is 16.4. The first kappa shape index (κ1) is 12.1. The largest absolute Gasteiger partial charge is 0.481 e. The Balaban J connectivity index is 1.87. The molecule has 2 aliphatic rings. The molecule has 0 aromatic carbocycles. The number of amides is 1. The maximum atomic E-state index is 11.9. The summed E-state index contributed by atoms with van der Waals surface area (Å²) in [6, 6.07) is 0. The summed E-state index contributed by atoms with van der Waals surface area (Å²) in [4.78, 5) is 23.0. The summed E-state index contributed by atoms with van der Waals surface area (Å²) in [7, 11) is 0. The van der Waals surface area contributed by atoms with Crippen molar-refractivity contribution in [1.82, 2.24) is 5.32 Å². The van der Waals surface area contributed by atoms with Crippen LogP contribution in [-0.4, -0.2) is 23.5 Å². The second-order valence-corrected chi connectivity index (χ2v) is 5.04. The Morgan fingerprint density at radius 2 is 1.82 bits per heavy atom. The number of hydrogen-bond donors (Lipinski definition) is 2. The third-order valence-electron chi connectivity index (χ3n) is 3.88. The summed E-state index contributed by atoms with van der Waals surface area (Å²) in [5.41, 5.74) is 0. The number of rotatable bonds is 4. The van der Waals surface area contributed by atoms with Crippen molar-refractivity contribution in [3.63, 3.8) is 0 Å². The van der Waals surface area contributed by atoms with Gasteiger partial charge in [0.05, 0.1) is 11.8 Å². The highest BCUT2D eigenvalue weighted by molar-refractivity contribution is 5.85. The third kappa shape index (κ3) is 2.87. The molecule has 4 nitrogen and oxygen atoms in total. The molecule has 0 bridgehead atoms. The minimum absolute atomic E-state index is 0.0892. The van der Waals surface area contributed by atoms with Crippen molar-refractivity contribution in [2.24, 2.45) is 17.8 Å². The van der Waals surface area contributed by atoms with E-state index in [2.05, 4.69) is 5.32 Å². The normalized spacial score (nSPS) is 28.5. The van der Waals surface area contributed by atoms with Crippen LogP contribution in [0.3, 0.4) is 0 Å². The van der Waals surface area contributed by atoms with Crippen molar-refractivity contribution in [3.8, 4) is 0 Å². The first-order chi connectivity index (χ1) is 8.18.